The lowest BCUT2D eigenvalue weighted by molar-refractivity contribution is -0.166. The van der Waals surface area contributed by atoms with Crippen LogP contribution in [0.3, 0.4) is 0 Å². The third kappa shape index (κ3) is 51.3. The molecule has 0 saturated carbocycles. The predicted octanol–water partition coefficient (Wildman–Crippen LogP) is 18.1. The standard InChI is InChI=1S/C60H100O6/c1-4-7-10-13-16-18-20-22-24-26-28-29-30-31-33-34-36-38-40-42-44-47-50-53-59(62)65-56-57(55-64-58(61)52-49-46-15-12-9-6-3)66-60(63)54-51-48-45-43-41-39-37-35-32-27-25-23-21-19-17-14-11-8-5-2/h8,11,17,19-20,22-23,25-26,28,32,35,39,41,45,48,57H,4-7,9-10,12-16,18,21,24,27,29-31,33-34,36-38,40,42-44,46-47,49-56H2,1-3H3/b11-8-,19-17-,22-20-,25-23-,28-26-,35-32-,41-39-,48-45-. The van der Waals surface area contributed by atoms with Gasteiger partial charge in [0.2, 0.25) is 0 Å². The van der Waals surface area contributed by atoms with Gasteiger partial charge in [-0.05, 0) is 89.9 Å². The summed E-state index contributed by atoms with van der Waals surface area (Å²) in [4.78, 5) is 37.8. The van der Waals surface area contributed by atoms with E-state index in [9.17, 15) is 14.4 Å². The summed E-state index contributed by atoms with van der Waals surface area (Å²) in [5.74, 6) is -1.01. The Kier molecular flexibility index (Phi) is 50.9. The lowest BCUT2D eigenvalue weighted by atomic mass is 10.0. The lowest BCUT2D eigenvalue weighted by Gasteiger charge is -2.18. The quantitative estimate of drug-likeness (QED) is 0.0262. The van der Waals surface area contributed by atoms with E-state index in [1.54, 1.807) is 0 Å². The Morgan fingerprint density at radius 3 is 0.985 bits per heavy atom. The van der Waals surface area contributed by atoms with Crippen LogP contribution in [0.15, 0.2) is 97.2 Å². The Bertz CT molecular complexity index is 1330. The van der Waals surface area contributed by atoms with Crippen molar-refractivity contribution in [2.75, 3.05) is 13.2 Å². The molecule has 0 fully saturated rings. The number of unbranched alkanes of at least 4 members (excludes halogenated alkanes) is 21. The van der Waals surface area contributed by atoms with Crippen LogP contribution in [-0.2, 0) is 28.6 Å². The molecule has 0 rings (SSSR count). The van der Waals surface area contributed by atoms with Crippen LogP contribution in [0.25, 0.3) is 0 Å². The van der Waals surface area contributed by atoms with Crippen LogP contribution in [0, 0.1) is 0 Å². The topological polar surface area (TPSA) is 78.9 Å². The number of carbonyl (C=O) groups is 3. The number of allylic oxidation sites excluding steroid dienone is 16. The summed E-state index contributed by atoms with van der Waals surface area (Å²) in [6.07, 6.45) is 71.5. The Hall–Kier alpha value is -3.67. The maximum atomic E-state index is 12.7. The summed E-state index contributed by atoms with van der Waals surface area (Å²) in [6, 6.07) is 0. The monoisotopic (exact) mass is 917 g/mol. The first kappa shape index (κ1) is 62.3. The van der Waals surface area contributed by atoms with Crippen LogP contribution in [0.4, 0.5) is 0 Å². The number of carbonyl (C=O) groups excluding carboxylic acids is 3. The Balaban J connectivity index is 4.27. The zero-order chi connectivity index (χ0) is 47.9. The van der Waals surface area contributed by atoms with Gasteiger partial charge in [-0.3, -0.25) is 14.4 Å². The second-order valence-electron chi connectivity index (χ2n) is 17.8. The van der Waals surface area contributed by atoms with E-state index in [4.69, 9.17) is 14.2 Å². The zero-order valence-corrected chi connectivity index (χ0v) is 42.9. The van der Waals surface area contributed by atoms with E-state index in [1.807, 2.05) is 12.2 Å². The highest BCUT2D eigenvalue weighted by molar-refractivity contribution is 5.71. The van der Waals surface area contributed by atoms with Gasteiger partial charge in [0.1, 0.15) is 13.2 Å². The summed E-state index contributed by atoms with van der Waals surface area (Å²) in [7, 11) is 0. The van der Waals surface area contributed by atoms with Crippen molar-refractivity contribution in [3.8, 4) is 0 Å². The zero-order valence-electron chi connectivity index (χ0n) is 42.9. The van der Waals surface area contributed by atoms with E-state index < -0.39 is 12.1 Å². The van der Waals surface area contributed by atoms with Gasteiger partial charge in [0, 0.05) is 19.3 Å². The minimum Gasteiger partial charge on any atom is -0.462 e. The maximum absolute atomic E-state index is 12.7. The molecule has 0 aromatic heterocycles. The average Bonchev–Trinajstić information content (AvgIpc) is 3.31. The number of esters is 3. The first-order valence-corrected chi connectivity index (χ1v) is 27.2. The molecule has 0 aliphatic rings. The molecule has 0 N–H and O–H groups in total. The van der Waals surface area contributed by atoms with Gasteiger partial charge in [0.25, 0.3) is 0 Å². The van der Waals surface area contributed by atoms with Crippen LogP contribution in [0.1, 0.15) is 245 Å². The van der Waals surface area contributed by atoms with Crippen molar-refractivity contribution in [2.24, 2.45) is 0 Å². The predicted molar refractivity (Wildman–Crippen MR) is 284 cm³/mol. The van der Waals surface area contributed by atoms with E-state index in [2.05, 4.69) is 106 Å². The molecule has 0 bridgehead atoms. The van der Waals surface area contributed by atoms with Crippen LogP contribution in [-0.4, -0.2) is 37.2 Å². The fourth-order valence-corrected chi connectivity index (χ4v) is 7.26. The summed E-state index contributed by atoms with van der Waals surface area (Å²) < 4.78 is 16.6. The number of rotatable bonds is 48. The second kappa shape index (κ2) is 53.9. The van der Waals surface area contributed by atoms with Gasteiger partial charge in [0.05, 0.1) is 0 Å². The largest absolute Gasteiger partial charge is 0.462 e. The van der Waals surface area contributed by atoms with Gasteiger partial charge >= 0.3 is 17.9 Å². The molecule has 0 aromatic rings. The molecule has 0 radical (unpaired) electrons. The van der Waals surface area contributed by atoms with Crippen molar-refractivity contribution in [1.82, 2.24) is 0 Å². The first-order chi connectivity index (χ1) is 32.5. The second-order valence-corrected chi connectivity index (χ2v) is 17.8. The maximum Gasteiger partial charge on any atom is 0.306 e. The van der Waals surface area contributed by atoms with Crippen LogP contribution >= 0.6 is 0 Å². The van der Waals surface area contributed by atoms with Gasteiger partial charge in [-0.15, -0.1) is 0 Å². The number of hydrogen-bond donors (Lipinski definition) is 0. The minimum atomic E-state index is -0.816. The van der Waals surface area contributed by atoms with Gasteiger partial charge < -0.3 is 14.2 Å². The van der Waals surface area contributed by atoms with Crippen molar-refractivity contribution in [1.29, 1.82) is 0 Å². The summed E-state index contributed by atoms with van der Waals surface area (Å²) >= 11 is 0. The molecule has 376 valence electrons. The van der Waals surface area contributed by atoms with Crippen molar-refractivity contribution in [3.63, 3.8) is 0 Å². The Morgan fingerprint density at radius 1 is 0.318 bits per heavy atom. The SMILES string of the molecule is CC/C=C\C/C=C\C/C=C\C/C=C\C/C=C\C/C=C\CCC(=O)OC(COC(=O)CCCCCCCC)COC(=O)CCCCCCCCCCCCC/C=C\C/C=C\CCCCCCC. The molecule has 66 heavy (non-hydrogen) atoms. The highest BCUT2D eigenvalue weighted by Gasteiger charge is 2.19. The van der Waals surface area contributed by atoms with Crippen LogP contribution in [0.5, 0.6) is 0 Å². The smallest absolute Gasteiger partial charge is 0.306 e. The van der Waals surface area contributed by atoms with Crippen molar-refractivity contribution in [3.05, 3.63) is 97.2 Å². The Morgan fingerprint density at radius 2 is 0.621 bits per heavy atom. The van der Waals surface area contributed by atoms with Gasteiger partial charge in [0.15, 0.2) is 6.10 Å². The van der Waals surface area contributed by atoms with Gasteiger partial charge in [-0.1, -0.05) is 234 Å². The van der Waals surface area contributed by atoms with Crippen LogP contribution in [0.2, 0.25) is 0 Å². The third-order valence-corrected chi connectivity index (χ3v) is 11.3. The molecule has 0 aliphatic heterocycles. The highest BCUT2D eigenvalue weighted by Crippen LogP contribution is 2.14. The number of ether oxygens (including phenoxy) is 3. The molecule has 1 atom stereocenters. The van der Waals surface area contributed by atoms with E-state index in [0.29, 0.717) is 19.3 Å². The molecule has 0 heterocycles. The molecule has 1 unspecified atom stereocenters. The molecule has 6 nitrogen and oxygen atoms in total. The third-order valence-electron chi connectivity index (χ3n) is 11.3. The minimum absolute atomic E-state index is 0.109. The first-order valence-electron chi connectivity index (χ1n) is 27.2. The Labute approximate surface area is 407 Å². The van der Waals surface area contributed by atoms with Crippen molar-refractivity contribution < 1.29 is 28.6 Å². The molecule has 0 aliphatic carbocycles. The fourth-order valence-electron chi connectivity index (χ4n) is 7.26. The highest BCUT2D eigenvalue weighted by atomic mass is 16.6. The molecule has 6 heteroatoms. The summed E-state index contributed by atoms with van der Waals surface area (Å²) in [5, 5.41) is 0. The molecular formula is C60H100O6. The molecule has 0 amide bonds. The average molecular weight is 917 g/mol. The van der Waals surface area contributed by atoms with Crippen LogP contribution < -0.4 is 0 Å². The van der Waals surface area contributed by atoms with E-state index in [1.165, 1.54) is 116 Å². The van der Waals surface area contributed by atoms with E-state index in [0.717, 1.165) is 83.5 Å². The molecule has 0 spiro atoms. The fraction of sp³-hybridized carbons (Fsp3) is 0.683. The van der Waals surface area contributed by atoms with Gasteiger partial charge in [-0.25, -0.2) is 0 Å². The lowest BCUT2D eigenvalue weighted by Crippen LogP contribution is -2.30. The van der Waals surface area contributed by atoms with E-state index >= 15 is 0 Å². The number of hydrogen-bond acceptors (Lipinski definition) is 6. The normalized spacial score (nSPS) is 12.8. The van der Waals surface area contributed by atoms with Gasteiger partial charge in [-0.2, -0.15) is 0 Å². The van der Waals surface area contributed by atoms with Crippen molar-refractivity contribution >= 4 is 17.9 Å². The summed E-state index contributed by atoms with van der Waals surface area (Å²) in [6.45, 7) is 6.39. The molecule has 0 saturated heterocycles. The summed E-state index contributed by atoms with van der Waals surface area (Å²) in [5.41, 5.74) is 0. The molecular weight excluding hydrogens is 817 g/mol. The van der Waals surface area contributed by atoms with Crippen molar-refractivity contribution in [2.45, 2.75) is 252 Å². The van der Waals surface area contributed by atoms with E-state index in [-0.39, 0.29) is 31.6 Å². The molecule has 0 aromatic carbocycles.